The molecule has 0 unspecified atom stereocenters. The maximum atomic E-state index is 12.0. The molecule has 1 aromatic carbocycles. The van der Waals surface area contributed by atoms with Gasteiger partial charge >= 0.3 is 11.9 Å². The van der Waals surface area contributed by atoms with Gasteiger partial charge in [0.05, 0.1) is 0 Å². The smallest absolute Gasteiger partial charge is 0.326 e. The topological polar surface area (TPSA) is 92.7 Å². The number of aliphatic carboxylic acids is 1. The molecule has 1 rings (SSSR count). The van der Waals surface area contributed by atoms with E-state index >= 15 is 0 Å². The zero-order valence-corrected chi connectivity index (χ0v) is 18.2. The number of ether oxygens (including phenoxy) is 1. The normalized spacial score (nSPS) is 11.6. The number of hydrogen-bond acceptors (Lipinski definition) is 4. The Hall–Kier alpha value is -2.37. The summed E-state index contributed by atoms with van der Waals surface area (Å²) >= 11 is 0. The van der Waals surface area contributed by atoms with E-state index in [9.17, 15) is 19.5 Å². The van der Waals surface area contributed by atoms with Crippen molar-refractivity contribution in [1.29, 1.82) is 0 Å². The van der Waals surface area contributed by atoms with Crippen LogP contribution in [0.25, 0.3) is 0 Å². The van der Waals surface area contributed by atoms with Crippen molar-refractivity contribution < 1.29 is 24.2 Å². The van der Waals surface area contributed by atoms with Crippen molar-refractivity contribution in [2.75, 3.05) is 0 Å². The third-order valence-corrected chi connectivity index (χ3v) is 5.02. The zero-order chi connectivity index (χ0) is 22.0. The van der Waals surface area contributed by atoms with E-state index in [0.29, 0.717) is 6.42 Å². The van der Waals surface area contributed by atoms with Crippen molar-refractivity contribution >= 4 is 17.8 Å². The molecule has 0 fully saturated rings. The highest BCUT2D eigenvalue weighted by atomic mass is 16.5. The van der Waals surface area contributed by atoms with Gasteiger partial charge in [-0.2, -0.15) is 0 Å². The van der Waals surface area contributed by atoms with Crippen LogP contribution >= 0.6 is 0 Å². The standard InChI is InChI=1S/C24H37NO5/c1-2-3-4-5-6-7-8-9-13-16-22(26)25-21(24(28)29)17-18-23(27)30-19-20-14-11-10-12-15-20/h10-12,14-15,21H,2-9,13,16-19H2,1H3,(H,25,26)(H,28,29)/t21-/m0/s1. The van der Waals surface area contributed by atoms with Crippen molar-refractivity contribution in [3.05, 3.63) is 35.9 Å². The lowest BCUT2D eigenvalue weighted by Gasteiger charge is -2.14. The van der Waals surface area contributed by atoms with Gasteiger partial charge in [0.15, 0.2) is 0 Å². The van der Waals surface area contributed by atoms with Gasteiger partial charge in [-0.1, -0.05) is 88.6 Å². The Morgan fingerprint density at radius 1 is 0.900 bits per heavy atom. The molecule has 0 aliphatic rings. The molecule has 0 aliphatic carbocycles. The quantitative estimate of drug-likeness (QED) is 0.274. The molecule has 168 valence electrons. The minimum atomic E-state index is -1.13. The minimum Gasteiger partial charge on any atom is -0.480 e. The van der Waals surface area contributed by atoms with Crippen LogP contribution < -0.4 is 5.32 Å². The van der Waals surface area contributed by atoms with Crippen molar-refractivity contribution in [2.24, 2.45) is 0 Å². The van der Waals surface area contributed by atoms with Crippen molar-refractivity contribution in [3.63, 3.8) is 0 Å². The molecule has 2 N–H and O–H groups in total. The number of rotatable bonds is 17. The Balaban J connectivity index is 2.15. The van der Waals surface area contributed by atoms with E-state index in [2.05, 4.69) is 12.2 Å². The Labute approximate surface area is 180 Å². The van der Waals surface area contributed by atoms with Gasteiger partial charge in [0.25, 0.3) is 0 Å². The number of carbonyl (C=O) groups is 3. The molecule has 6 nitrogen and oxygen atoms in total. The predicted octanol–water partition coefficient (Wildman–Crippen LogP) is 5.00. The highest BCUT2D eigenvalue weighted by molar-refractivity contribution is 5.84. The van der Waals surface area contributed by atoms with Gasteiger partial charge in [-0.3, -0.25) is 9.59 Å². The maximum Gasteiger partial charge on any atom is 0.326 e. The summed E-state index contributed by atoms with van der Waals surface area (Å²) in [6.07, 6.45) is 10.7. The van der Waals surface area contributed by atoms with Gasteiger partial charge in [0.2, 0.25) is 5.91 Å². The molecule has 0 saturated carbocycles. The van der Waals surface area contributed by atoms with E-state index in [1.807, 2.05) is 30.3 Å². The number of amides is 1. The molecule has 1 amide bonds. The number of unbranched alkanes of at least 4 members (excludes halogenated alkanes) is 8. The molecule has 0 heterocycles. The lowest BCUT2D eigenvalue weighted by molar-refractivity contribution is -0.146. The molecule has 1 atom stereocenters. The molecule has 0 radical (unpaired) electrons. The average molecular weight is 420 g/mol. The van der Waals surface area contributed by atoms with E-state index < -0.39 is 18.0 Å². The third-order valence-electron chi connectivity index (χ3n) is 5.02. The van der Waals surface area contributed by atoms with E-state index in [1.54, 1.807) is 0 Å². The summed E-state index contributed by atoms with van der Waals surface area (Å²) in [6.45, 7) is 2.36. The Bertz CT molecular complexity index is 617. The number of benzene rings is 1. The van der Waals surface area contributed by atoms with Gasteiger partial charge in [0, 0.05) is 12.8 Å². The summed E-state index contributed by atoms with van der Waals surface area (Å²) in [4.78, 5) is 35.3. The second-order valence-corrected chi connectivity index (χ2v) is 7.72. The van der Waals surface area contributed by atoms with Crippen LogP contribution in [-0.2, 0) is 25.7 Å². The van der Waals surface area contributed by atoms with Crippen molar-refractivity contribution in [1.82, 2.24) is 5.32 Å². The predicted molar refractivity (Wildman–Crippen MR) is 117 cm³/mol. The second-order valence-electron chi connectivity index (χ2n) is 7.72. The molecule has 6 heteroatoms. The fraction of sp³-hybridized carbons (Fsp3) is 0.625. The number of esters is 1. The highest BCUT2D eigenvalue weighted by Crippen LogP contribution is 2.11. The van der Waals surface area contributed by atoms with E-state index in [-0.39, 0.29) is 25.4 Å². The summed E-state index contributed by atoms with van der Waals surface area (Å²) in [5.74, 6) is -1.88. The van der Waals surface area contributed by atoms with Crippen molar-refractivity contribution in [2.45, 2.75) is 96.6 Å². The summed E-state index contributed by atoms with van der Waals surface area (Å²) in [5, 5.41) is 11.8. The molecule has 1 aromatic rings. The second kappa shape index (κ2) is 16.4. The van der Waals surface area contributed by atoms with Crippen LogP contribution in [0.5, 0.6) is 0 Å². The lowest BCUT2D eigenvalue weighted by atomic mass is 10.1. The number of carbonyl (C=O) groups excluding carboxylic acids is 2. The van der Waals surface area contributed by atoms with Crippen LogP contribution in [-0.4, -0.2) is 29.0 Å². The maximum absolute atomic E-state index is 12.0. The van der Waals surface area contributed by atoms with Crippen molar-refractivity contribution in [3.8, 4) is 0 Å². The monoisotopic (exact) mass is 419 g/mol. The summed E-state index contributed by atoms with van der Waals surface area (Å²) in [6, 6.07) is 8.21. The Kier molecular flexibility index (Phi) is 14.1. The lowest BCUT2D eigenvalue weighted by Crippen LogP contribution is -2.41. The van der Waals surface area contributed by atoms with Crippen LogP contribution in [0.1, 0.15) is 89.5 Å². The molecule has 0 aliphatic heterocycles. The van der Waals surface area contributed by atoms with Gasteiger partial charge in [0.1, 0.15) is 12.6 Å². The molecule has 30 heavy (non-hydrogen) atoms. The third kappa shape index (κ3) is 13.0. The molecule has 0 aromatic heterocycles. The van der Waals surface area contributed by atoms with Gasteiger partial charge < -0.3 is 15.2 Å². The Morgan fingerprint density at radius 3 is 2.10 bits per heavy atom. The number of nitrogens with one attached hydrogen (secondary N) is 1. The average Bonchev–Trinajstić information content (AvgIpc) is 2.74. The first-order chi connectivity index (χ1) is 14.5. The fourth-order valence-corrected chi connectivity index (χ4v) is 3.19. The largest absolute Gasteiger partial charge is 0.480 e. The van der Waals surface area contributed by atoms with Crippen LogP contribution in [0.3, 0.4) is 0 Å². The number of carboxylic acids is 1. The first kappa shape index (κ1) is 25.7. The minimum absolute atomic E-state index is 0.0203. The van der Waals surface area contributed by atoms with E-state index in [0.717, 1.165) is 24.8 Å². The summed E-state index contributed by atoms with van der Waals surface area (Å²) in [7, 11) is 0. The summed E-state index contributed by atoms with van der Waals surface area (Å²) < 4.78 is 5.15. The SMILES string of the molecule is CCCCCCCCCCCC(=O)N[C@@H](CCC(=O)OCc1ccccc1)C(=O)O. The van der Waals surface area contributed by atoms with E-state index in [1.165, 1.54) is 38.5 Å². The van der Waals surface area contributed by atoms with Gasteiger partial charge in [-0.05, 0) is 18.4 Å². The fourth-order valence-electron chi connectivity index (χ4n) is 3.19. The Morgan fingerprint density at radius 2 is 1.50 bits per heavy atom. The van der Waals surface area contributed by atoms with E-state index in [4.69, 9.17) is 4.74 Å². The van der Waals surface area contributed by atoms with Crippen LogP contribution in [0.15, 0.2) is 30.3 Å². The molecule has 0 saturated heterocycles. The number of hydrogen-bond donors (Lipinski definition) is 2. The van der Waals surface area contributed by atoms with Crippen LogP contribution in [0, 0.1) is 0 Å². The van der Waals surface area contributed by atoms with Gasteiger partial charge in [-0.25, -0.2) is 4.79 Å². The van der Waals surface area contributed by atoms with Crippen LogP contribution in [0.4, 0.5) is 0 Å². The van der Waals surface area contributed by atoms with Gasteiger partial charge in [-0.15, -0.1) is 0 Å². The first-order valence-electron chi connectivity index (χ1n) is 11.2. The first-order valence-corrected chi connectivity index (χ1v) is 11.2. The summed E-state index contributed by atoms with van der Waals surface area (Å²) in [5.41, 5.74) is 0.870. The molecular weight excluding hydrogens is 382 g/mol. The molecule has 0 spiro atoms. The molecular formula is C24H37NO5. The van der Waals surface area contributed by atoms with Crippen LogP contribution in [0.2, 0.25) is 0 Å². The number of carboxylic acid groups (broad SMARTS) is 1. The molecule has 0 bridgehead atoms. The highest BCUT2D eigenvalue weighted by Gasteiger charge is 2.21. The zero-order valence-electron chi connectivity index (χ0n) is 18.2.